The van der Waals surface area contributed by atoms with E-state index in [9.17, 15) is 4.79 Å². The zero-order valence-electron chi connectivity index (χ0n) is 10.6. The van der Waals surface area contributed by atoms with E-state index in [0.717, 1.165) is 37.9 Å². The van der Waals surface area contributed by atoms with Gasteiger partial charge in [0.1, 0.15) is 12.0 Å². The molecule has 98 valence electrons. The van der Waals surface area contributed by atoms with Gasteiger partial charge in [-0.1, -0.05) is 6.08 Å². The lowest BCUT2D eigenvalue weighted by molar-refractivity contribution is 0.112. The van der Waals surface area contributed by atoms with Gasteiger partial charge in [0.05, 0.1) is 13.2 Å². The molecule has 0 aromatic heterocycles. The first kappa shape index (κ1) is 14.5. The summed E-state index contributed by atoms with van der Waals surface area (Å²) in [5.41, 5.74) is 0.668. The first-order chi connectivity index (χ1) is 8.86. The minimum Gasteiger partial charge on any atom is -0.494 e. The molecule has 0 atom stereocenters. The van der Waals surface area contributed by atoms with Crippen LogP contribution in [-0.4, -0.2) is 26.1 Å². The van der Waals surface area contributed by atoms with Crippen molar-refractivity contribution in [2.75, 3.05) is 19.8 Å². The van der Waals surface area contributed by atoms with Gasteiger partial charge >= 0.3 is 0 Å². The number of unbranched alkanes of at least 4 members (excludes halogenated alkanes) is 2. The molecule has 0 aliphatic heterocycles. The SMILES string of the molecule is C=CCOCCCCCOc1ccc(C=O)cc1. The molecule has 0 unspecified atom stereocenters. The summed E-state index contributed by atoms with van der Waals surface area (Å²) in [5, 5.41) is 0. The molecule has 0 heterocycles. The number of hydrogen-bond acceptors (Lipinski definition) is 3. The highest BCUT2D eigenvalue weighted by molar-refractivity contribution is 5.74. The average Bonchev–Trinajstić information content (AvgIpc) is 2.42. The normalized spacial score (nSPS) is 10.0. The third-order valence-electron chi connectivity index (χ3n) is 2.45. The van der Waals surface area contributed by atoms with E-state index in [0.29, 0.717) is 18.8 Å². The standard InChI is InChI=1S/C15H20O3/c1-2-10-17-11-4-3-5-12-18-15-8-6-14(13-16)7-9-15/h2,6-9,13H,1,3-5,10-12H2. The van der Waals surface area contributed by atoms with Crippen LogP contribution in [0.15, 0.2) is 36.9 Å². The van der Waals surface area contributed by atoms with E-state index in [1.165, 1.54) is 0 Å². The molecule has 0 bridgehead atoms. The van der Waals surface area contributed by atoms with Crippen molar-refractivity contribution in [1.82, 2.24) is 0 Å². The summed E-state index contributed by atoms with van der Waals surface area (Å²) in [7, 11) is 0. The molecule has 1 aromatic carbocycles. The Morgan fingerprint density at radius 1 is 1.06 bits per heavy atom. The van der Waals surface area contributed by atoms with Gasteiger partial charge in [0, 0.05) is 12.2 Å². The van der Waals surface area contributed by atoms with E-state index in [4.69, 9.17) is 9.47 Å². The molecule has 0 fully saturated rings. The van der Waals surface area contributed by atoms with Crippen LogP contribution in [-0.2, 0) is 4.74 Å². The molecule has 0 aliphatic rings. The van der Waals surface area contributed by atoms with E-state index in [1.54, 1.807) is 18.2 Å². The molecule has 0 spiro atoms. The van der Waals surface area contributed by atoms with Crippen LogP contribution in [0.4, 0.5) is 0 Å². The summed E-state index contributed by atoms with van der Waals surface area (Å²) in [4.78, 5) is 10.5. The monoisotopic (exact) mass is 248 g/mol. The predicted octanol–water partition coefficient (Wildman–Crippen LogP) is 3.25. The Morgan fingerprint density at radius 2 is 1.78 bits per heavy atom. The Morgan fingerprint density at radius 3 is 2.44 bits per heavy atom. The van der Waals surface area contributed by atoms with Crippen molar-refractivity contribution >= 4 is 6.29 Å². The summed E-state index contributed by atoms with van der Waals surface area (Å²) in [5.74, 6) is 0.809. The first-order valence-electron chi connectivity index (χ1n) is 6.23. The maximum atomic E-state index is 10.5. The molecule has 0 N–H and O–H groups in total. The minimum atomic E-state index is 0.625. The van der Waals surface area contributed by atoms with Crippen molar-refractivity contribution in [2.24, 2.45) is 0 Å². The second-order valence-electron chi connectivity index (χ2n) is 3.96. The Labute approximate surface area is 108 Å². The number of ether oxygens (including phenoxy) is 2. The van der Waals surface area contributed by atoms with Gasteiger partial charge in [-0.05, 0) is 43.5 Å². The highest BCUT2D eigenvalue weighted by Crippen LogP contribution is 2.11. The highest BCUT2D eigenvalue weighted by Gasteiger charge is 1.95. The van der Waals surface area contributed by atoms with Gasteiger partial charge < -0.3 is 9.47 Å². The molecule has 0 radical (unpaired) electrons. The largest absolute Gasteiger partial charge is 0.494 e. The molecule has 0 saturated carbocycles. The van der Waals surface area contributed by atoms with Gasteiger partial charge in [0.25, 0.3) is 0 Å². The van der Waals surface area contributed by atoms with E-state index < -0.39 is 0 Å². The highest BCUT2D eigenvalue weighted by atomic mass is 16.5. The maximum Gasteiger partial charge on any atom is 0.150 e. The third kappa shape index (κ3) is 6.21. The lowest BCUT2D eigenvalue weighted by Gasteiger charge is -2.06. The van der Waals surface area contributed by atoms with Crippen molar-refractivity contribution in [3.63, 3.8) is 0 Å². The topological polar surface area (TPSA) is 35.5 Å². The van der Waals surface area contributed by atoms with Crippen LogP contribution in [0.5, 0.6) is 5.75 Å². The van der Waals surface area contributed by atoms with Crippen molar-refractivity contribution in [2.45, 2.75) is 19.3 Å². The summed E-state index contributed by atoms with van der Waals surface area (Å²) in [6.07, 6.45) is 5.72. The number of benzene rings is 1. The van der Waals surface area contributed by atoms with Crippen molar-refractivity contribution in [1.29, 1.82) is 0 Å². The molecule has 3 nitrogen and oxygen atoms in total. The Hall–Kier alpha value is -1.61. The Kier molecular flexibility index (Phi) is 7.57. The fourth-order valence-electron chi connectivity index (χ4n) is 1.48. The molecular weight excluding hydrogens is 228 g/mol. The molecule has 3 heteroatoms. The van der Waals surface area contributed by atoms with E-state index in [-0.39, 0.29) is 0 Å². The van der Waals surface area contributed by atoms with Crippen LogP contribution in [0.25, 0.3) is 0 Å². The second kappa shape index (κ2) is 9.42. The molecule has 18 heavy (non-hydrogen) atoms. The van der Waals surface area contributed by atoms with Gasteiger partial charge in [-0.25, -0.2) is 0 Å². The number of rotatable bonds is 10. The quantitative estimate of drug-likeness (QED) is 0.362. The Balaban J connectivity index is 2.03. The lowest BCUT2D eigenvalue weighted by Crippen LogP contribution is -1.99. The zero-order chi connectivity index (χ0) is 13.1. The van der Waals surface area contributed by atoms with Crippen molar-refractivity contribution in [3.05, 3.63) is 42.5 Å². The van der Waals surface area contributed by atoms with Gasteiger partial charge in [0.2, 0.25) is 0 Å². The molecule has 0 saturated heterocycles. The fourth-order valence-corrected chi connectivity index (χ4v) is 1.48. The van der Waals surface area contributed by atoms with Crippen LogP contribution >= 0.6 is 0 Å². The number of carbonyl (C=O) groups is 1. The Bertz CT molecular complexity index is 343. The number of hydrogen-bond donors (Lipinski definition) is 0. The average molecular weight is 248 g/mol. The van der Waals surface area contributed by atoms with E-state index >= 15 is 0 Å². The van der Waals surface area contributed by atoms with Crippen LogP contribution < -0.4 is 4.74 Å². The van der Waals surface area contributed by atoms with Crippen LogP contribution in [0, 0.1) is 0 Å². The smallest absolute Gasteiger partial charge is 0.150 e. The van der Waals surface area contributed by atoms with Gasteiger partial charge in [0.15, 0.2) is 0 Å². The van der Waals surface area contributed by atoms with E-state index in [2.05, 4.69) is 6.58 Å². The number of carbonyl (C=O) groups excluding carboxylic acids is 1. The van der Waals surface area contributed by atoms with Crippen molar-refractivity contribution in [3.8, 4) is 5.75 Å². The van der Waals surface area contributed by atoms with Crippen LogP contribution in [0.3, 0.4) is 0 Å². The van der Waals surface area contributed by atoms with Crippen LogP contribution in [0.1, 0.15) is 29.6 Å². The zero-order valence-corrected chi connectivity index (χ0v) is 10.6. The minimum absolute atomic E-state index is 0.625. The molecule has 0 aliphatic carbocycles. The predicted molar refractivity (Wildman–Crippen MR) is 72.2 cm³/mol. The summed E-state index contributed by atoms with van der Waals surface area (Å²) in [6.45, 7) is 5.69. The van der Waals surface area contributed by atoms with Crippen LogP contribution in [0.2, 0.25) is 0 Å². The molecule has 1 rings (SSSR count). The second-order valence-corrected chi connectivity index (χ2v) is 3.96. The first-order valence-corrected chi connectivity index (χ1v) is 6.23. The van der Waals surface area contributed by atoms with Gasteiger partial charge in [-0.2, -0.15) is 0 Å². The summed E-state index contributed by atoms with van der Waals surface area (Å²) < 4.78 is 10.8. The maximum absolute atomic E-state index is 10.5. The van der Waals surface area contributed by atoms with Gasteiger partial charge in [-0.3, -0.25) is 4.79 Å². The van der Waals surface area contributed by atoms with E-state index in [1.807, 2.05) is 12.1 Å². The van der Waals surface area contributed by atoms with Gasteiger partial charge in [-0.15, -0.1) is 6.58 Å². The molecule has 1 aromatic rings. The third-order valence-corrected chi connectivity index (χ3v) is 2.45. The summed E-state index contributed by atoms with van der Waals surface area (Å²) >= 11 is 0. The number of aldehydes is 1. The summed E-state index contributed by atoms with van der Waals surface area (Å²) in [6, 6.07) is 7.14. The lowest BCUT2D eigenvalue weighted by atomic mass is 10.2. The molecule has 0 amide bonds. The molecular formula is C15H20O3. The van der Waals surface area contributed by atoms with Crippen molar-refractivity contribution < 1.29 is 14.3 Å². The fraction of sp³-hybridized carbons (Fsp3) is 0.400.